The van der Waals surface area contributed by atoms with Crippen molar-refractivity contribution < 1.29 is 14.3 Å². The summed E-state index contributed by atoms with van der Waals surface area (Å²) >= 11 is 0. The summed E-state index contributed by atoms with van der Waals surface area (Å²) in [5.74, 6) is -0.608. The summed E-state index contributed by atoms with van der Waals surface area (Å²) in [5.41, 5.74) is 6.11. The maximum Gasteiger partial charge on any atom is 0.330 e. The lowest BCUT2D eigenvalue weighted by atomic mass is 10.0. The molecule has 2 aromatic heterocycles. The quantitative estimate of drug-likeness (QED) is 0.212. The predicted octanol–water partition coefficient (Wildman–Crippen LogP) is 5.67. The highest BCUT2D eigenvalue weighted by Gasteiger charge is 2.19. The Hall–Kier alpha value is -5.04. The number of hydrogen-bond donors (Lipinski definition) is 0. The zero-order chi connectivity index (χ0) is 26.5. The number of benzene rings is 3. The van der Waals surface area contributed by atoms with Crippen molar-refractivity contribution in [1.29, 1.82) is 0 Å². The number of anilines is 1. The molecular formula is C31H26N4O3. The zero-order valence-electron chi connectivity index (χ0n) is 21.1. The van der Waals surface area contributed by atoms with Crippen molar-refractivity contribution in [1.82, 2.24) is 14.8 Å². The van der Waals surface area contributed by atoms with Crippen LogP contribution in [0.3, 0.4) is 0 Å². The highest BCUT2D eigenvalue weighted by atomic mass is 16.5. The number of hydrogen-bond acceptors (Lipinski definition) is 5. The summed E-state index contributed by atoms with van der Waals surface area (Å²) in [6.45, 7) is 0.349. The van der Waals surface area contributed by atoms with Crippen molar-refractivity contribution in [2.75, 3.05) is 12.0 Å². The van der Waals surface area contributed by atoms with Gasteiger partial charge in [-0.05, 0) is 58.7 Å². The maximum atomic E-state index is 13.6. The lowest BCUT2D eigenvalue weighted by molar-refractivity contribution is -0.134. The van der Waals surface area contributed by atoms with E-state index in [2.05, 4.69) is 45.2 Å². The smallest absolute Gasteiger partial charge is 0.330 e. The lowest BCUT2D eigenvalue weighted by Crippen LogP contribution is -2.30. The van der Waals surface area contributed by atoms with Crippen molar-refractivity contribution in [2.45, 2.75) is 6.54 Å². The molecule has 0 atom stereocenters. The fourth-order valence-corrected chi connectivity index (χ4v) is 4.26. The van der Waals surface area contributed by atoms with Crippen LogP contribution in [0.1, 0.15) is 21.5 Å². The molecule has 38 heavy (non-hydrogen) atoms. The van der Waals surface area contributed by atoms with E-state index in [9.17, 15) is 9.59 Å². The van der Waals surface area contributed by atoms with E-state index >= 15 is 0 Å². The maximum absolute atomic E-state index is 13.6. The molecule has 0 bridgehead atoms. The average molecular weight is 503 g/mol. The first-order valence-electron chi connectivity index (χ1n) is 12.1. The molecule has 0 spiro atoms. The Morgan fingerprint density at radius 3 is 2.45 bits per heavy atom. The molecule has 0 aliphatic carbocycles. The minimum Gasteiger partial charge on any atom is -0.466 e. The summed E-state index contributed by atoms with van der Waals surface area (Å²) < 4.78 is 6.53. The number of pyridine rings is 1. The number of esters is 1. The standard InChI is InChI=1S/C31H26N4O3/c1-34-29-14-13-26(17-27(29)19-33-34)24-11-8-22(9-12-24)21-35(31(37)25-6-4-3-5-7-25)28-16-23(18-32-20-28)10-15-30(36)38-2/h3-20H,21H2,1-2H3/b15-10+. The Balaban J connectivity index is 1.44. The molecule has 5 aromatic rings. The molecule has 7 nitrogen and oxygen atoms in total. The number of nitrogens with zero attached hydrogens (tertiary/aromatic N) is 4. The van der Waals surface area contributed by atoms with E-state index in [0.29, 0.717) is 23.4 Å². The van der Waals surface area contributed by atoms with Crippen LogP contribution in [-0.4, -0.2) is 33.8 Å². The van der Waals surface area contributed by atoms with Gasteiger partial charge in [-0.25, -0.2) is 4.79 Å². The predicted molar refractivity (Wildman–Crippen MR) is 148 cm³/mol. The van der Waals surface area contributed by atoms with Crippen LogP contribution in [-0.2, 0) is 23.1 Å². The number of aromatic nitrogens is 3. The van der Waals surface area contributed by atoms with Crippen molar-refractivity contribution in [2.24, 2.45) is 7.05 Å². The van der Waals surface area contributed by atoms with Gasteiger partial charge < -0.3 is 9.64 Å². The normalized spacial score (nSPS) is 11.1. The Bertz CT molecular complexity index is 1620. The van der Waals surface area contributed by atoms with Gasteiger partial charge in [0.25, 0.3) is 5.91 Å². The minimum absolute atomic E-state index is 0.146. The molecule has 0 N–H and O–H groups in total. The zero-order valence-corrected chi connectivity index (χ0v) is 21.1. The SMILES string of the molecule is COC(=O)/C=C/c1cncc(N(Cc2ccc(-c3ccc4c(cnn4C)c3)cc2)C(=O)c2ccccc2)c1. The van der Waals surface area contributed by atoms with E-state index in [0.717, 1.165) is 27.6 Å². The number of fused-ring (bicyclic) bond motifs is 1. The van der Waals surface area contributed by atoms with E-state index < -0.39 is 5.97 Å². The van der Waals surface area contributed by atoms with Crippen LogP contribution in [0.2, 0.25) is 0 Å². The molecule has 0 saturated carbocycles. The molecule has 0 radical (unpaired) electrons. The fourth-order valence-electron chi connectivity index (χ4n) is 4.26. The Morgan fingerprint density at radius 2 is 1.68 bits per heavy atom. The second kappa shape index (κ2) is 10.9. The van der Waals surface area contributed by atoms with Crippen LogP contribution < -0.4 is 4.90 Å². The third kappa shape index (κ3) is 5.37. The van der Waals surface area contributed by atoms with Gasteiger partial charge in [0.2, 0.25) is 0 Å². The summed E-state index contributed by atoms with van der Waals surface area (Å²) in [5, 5.41) is 5.41. The van der Waals surface area contributed by atoms with Gasteiger partial charge in [-0.3, -0.25) is 14.5 Å². The van der Waals surface area contributed by atoms with Gasteiger partial charge >= 0.3 is 5.97 Å². The van der Waals surface area contributed by atoms with Crippen molar-refractivity contribution >= 4 is 34.5 Å². The molecule has 0 unspecified atom stereocenters. The van der Waals surface area contributed by atoms with E-state index in [-0.39, 0.29) is 5.91 Å². The first-order valence-corrected chi connectivity index (χ1v) is 12.1. The molecule has 188 valence electrons. The summed E-state index contributed by atoms with van der Waals surface area (Å²) in [4.78, 5) is 31.1. The number of aryl methyl sites for hydroxylation is 1. The van der Waals surface area contributed by atoms with E-state index in [1.807, 2.05) is 54.3 Å². The third-order valence-electron chi connectivity index (χ3n) is 6.31. The molecule has 0 aliphatic rings. The van der Waals surface area contributed by atoms with Crippen LogP contribution in [0.25, 0.3) is 28.1 Å². The van der Waals surface area contributed by atoms with Crippen LogP contribution in [0.4, 0.5) is 5.69 Å². The van der Waals surface area contributed by atoms with E-state index in [1.165, 1.54) is 13.2 Å². The van der Waals surface area contributed by atoms with Crippen LogP contribution in [0, 0.1) is 0 Å². The van der Waals surface area contributed by atoms with Gasteiger partial charge in [0.1, 0.15) is 0 Å². The Kier molecular flexibility index (Phi) is 7.08. The summed E-state index contributed by atoms with van der Waals surface area (Å²) in [6, 6.07) is 25.4. The van der Waals surface area contributed by atoms with Gasteiger partial charge in [-0.1, -0.05) is 48.5 Å². The average Bonchev–Trinajstić information content (AvgIpc) is 3.35. The highest BCUT2D eigenvalue weighted by Crippen LogP contribution is 2.26. The molecular weight excluding hydrogens is 476 g/mol. The second-order valence-electron chi connectivity index (χ2n) is 8.83. The van der Waals surface area contributed by atoms with Crippen LogP contribution in [0.15, 0.2) is 104 Å². The first-order chi connectivity index (χ1) is 18.5. The molecule has 0 saturated heterocycles. The Morgan fingerprint density at radius 1 is 0.921 bits per heavy atom. The number of carbonyl (C=O) groups is 2. The topological polar surface area (TPSA) is 77.3 Å². The van der Waals surface area contributed by atoms with Crippen LogP contribution >= 0.6 is 0 Å². The number of carbonyl (C=O) groups excluding carboxylic acids is 2. The highest BCUT2D eigenvalue weighted by molar-refractivity contribution is 6.06. The third-order valence-corrected chi connectivity index (χ3v) is 6.31. The summed E-state index contributed by atoms with van der Waals surface area (Å²) in [7, 11) is 3.25. The molecule has 5 rings (SSSR count). The van der Waals surface area contributed by atoms with E-state index in [4.69, 9.17) is 0 Å². The minimum atomic E-state index is -0.463. The second-order valence-corrected chi connectivity index (χ2v) is 8.83. The molecule has 2 heterocycles. The molecule has 0 aliphatic heterocycles. The van der Waals surface area contributed by atoms with Gasteiger partial charge in [0.05, 0.1) is 37.3 Å². The van der Waals surface area contributed by atoms with Gasteiger partial charge in [0.15, 0.2) is 0 Å². The number of ether oxygens (including phenoxy) is 1. The molecule has 1 amide bonds. The van der Waals surface area contributed by atoms with Crippen molar-refractivity contribution in [3.8, 4) is 11.1 Å². The summed E-state index contributed by atoms with van der Waals surface area (Å²) in [6.07, 6.45) is 8.08. The van der Waals surface area contributed by atoms with Crippen molar-refractivity contribution in [3.63, 3.8) is 0 Å². The monoisotopic (exact) mass is 502 g/mol. The lowest BCUT2D eigenvalue weighted by Gasteiger charge is -2.23. The van der Waals surface area contributed by atoms with Gasteiger partial charge in [-0.2, -0.15) is 5.10 Å². The number of amides is 1. The number of methoxy groups -OCH3 is 1. The van der Waals surface area contributed by atoms with Crippen LogP contribution in [0.5, 0.6) is 0 Å². The van der Waals surface area contributed by atoms with Gasteiger partial charge in [-0.15, -0.1) is 0 Å². The molecule has 7 heteroatoms. The molecule has 0 fully saturated rings. The molecule has 3 aromatic carbocycles. The van der Waals surface area contributed by atoms with Gasteiger partial charge in [0, 0.05) is 30.3 Å². The Labute approximate surface area is 220 Å². The number of rotatable bonds is 7. The first kappa shape index (κ1) is 24.6. The van der Waals surface area contributed by atoms with E-state index in [1.54, 1.807) is 35.5 Å². The fraction of sp³-hybridized carbons (Fsp3) is 0.0968. The largest absolute Gasteiger partial charge is 0.466 e. The van der Waals surface area contributed by atoms with Crippen molar-refractivity contribution in [3.05, 3.63) is 120 Å².